The molecule has 0 aliphatic carbocycles. The predicted octanol–water partition coefficient (Wildman–Crippen LogP) is 3.27. The molecule has 3 heteroatoms. The van der Waals surface area contributed by atoms with Crippen molar-refractivity contribution in [1.82, 2.24) is 4.90 Å². The van der Waals surface area contributed by atoms with Crippen molar-refractivity contribution in [2.45, 2.75) is 26.2 Å². The summed E-state index contributed by atoms with van der Waals surface area (Å²) in [6.45, 7) is 7.44. The second kappa shape index (κ2) is 6.00. The van der Waals surface area contributed by atoms with Gasteiger partial charge in [0.15, 0.2) is 0 Å². The second-order valence-corrected chi connectivity index (χ2v) is 5.36. The highest BCUT2D eigenvalue weighted by Gasteiger charge is 2.21. The van der Waals surface area contributed by atoms with Gasteiger partial charge in [-0.1, -0.05) is 25.6 Å². The SMILES string of the molecule is C=Cc1cc(F)cc(CC(=O)N2CCCC(C)C2)c1. The summed E-state index contributed by atoms with van der Waals surface area (Å²) in [5.74, 6) is 0.341. The van der Waals surface area contributed by atoms with Crippen molar-refractivity contribution >= 4 is 12.0 Å². The lowest BCUT2D eigenvalue weighted by atomic mass is 9.99. The van der Waals surface area contributed by atoms with E-state index in [4.69, 9.17) is 0 Å². The molecule has 19 heavy (non-hydrogen) atoms. The Balaban J connectivity index is 2.05. The molecule has 1 aromatic carbocycles. The Morgan fingerprint density at radius 2 is 2.32 bits per heavy atom. The van der Waals surface area contributed by atoms with Gasteiger partial charge in [-0.05, 0) is 42.0 Å². The molecular weight excluding hydrogens is 241 g/mol. The van der Waals surface area contributed by atoms with Gasteiger partial charge in [-0.3, -0.25) is 4.79 Å². The number of hydrogen-bond acceptors (Lipinski definition) is 1. The molecule has 0 N–H and O–H groups in total. The molecule has 0 radical (unpaired) electrons. The molecule has 0 bridgehead atoms. The van der Waals surface area contributed by atoms with Crippen molar-refractivity contribution in [3.8, 4) is 0 Å². The van der Waals surface area contributed by atoms with Crippen LogP contribution < -0.4 is 0 Å². The van der Waals surface area contributed by atoms with E-state index in [1.807, 2.05) is 11.0 Å². The van der Waals surface area contributed by atoms with E-state index in [2.05, 4.69) is 13.5 Å². The van der Waals surface area contributed by atoms with Crippen LogP contribution in [0.15, 0.2) is 24.8 Å². The van der Waals surface area contributed by atoms with Crippen molar-refractivity contribution < 1.29 is 9.18 Å². The van der Waals surface area contributed by atoms with Crippen LogP contribution in [0.1, 0.15) is 30.9 Å². The molecule has 0 aromatic heterocycles. The molecule has 2 rings (SSSR count). The van der Waals surface area contributed by atoms with Gasteiger partial charge < -0.3 is 4.90 Å². The van der Waals surface area contributed by atoms with Crippen LogP contribution in [0.5, 0.6) is 0 Å². The van der Waals surface area contributed by atoms with Crippen LogP contribution >= 0.6 is 0 Å². The lowest BCUT2D eigenvalue weighted by Crippen LogP contribution is -2.39. The van der Waals surface area contributed by atoms with E-state index < -0.39 is 0 Å². The summed E-state index contributed by atoms with van der Waals surface area (Å²) in [6, 6.07) is 4.67. The molecule has 1 saturated heterocycles. The van der Waals surface area contributed by atoms with Crippen LogP contribution in [-0.4, -0.2) is 23.9 Å². The Kier molecular flexibility index (Phi) is 4.35. The summed E-state index contributed by atoms with van der Waals surface area (Å²) >= 11 is 0. The van der Waals surface area contributed by atoms with Gasteiger partial charge in [-0.15, -0.1) is 0 Å². The summed E-state index contributed by atoms with van der Waals surface area (Å²) < 4.78 is 13.4. The van der Waals surface area contributed by atoms with Gasteiger partial charge in [0.2, 0.25) is 5.91 Å². The average molecular weight is 261 g/mol. The number of hydrogen-bond donors (Lipinski definition) is 0. The number of carbonyl (C=O) groups is 1. The van der Waals surface area contributed by atoms with Crippen molar-refractivity contribution in [3.05, 3.63) is 41.7 Å². The van der Waals surface area contributed by atoms with Gasteiger partial charge >= 0.3 is 0 Å². The van der Waals surface area contributed by atoms with Gasteiger partial charge in [0.05, 0.1) is 6.42 Å². The van der Waals surface area contributed by atoms with Gasteiger partial charge in [0, 0.05) is 13.1 Å². The van der Waals surface area contributed by atoms with E-state index in [-0.39, 0.29) is 18.1 Å². The average Bonchev–Trinajstić information content (AvgIpc) is 2.38. The quantitative estimate of drug-likeness (QED) is 0.817. The number of rotatable bonds is 3. The van der Waals surface area contributed by atoms with E-state index in [1.165, 1.54) is 18.6 Å². The summed E-state index contributed by atoms with van der Waals surface area (Å²) in [7, 11) is 0. The maximum atomic E-state index is 13.4. The first kappa shape index (κ1) is 13.8. The maximum Gasteiger partial charge on any atom is 0.227 e. The first-order valence-electron chi connectivity index (χ1n) is 6.78. The van der Waals surface area contributed by atoms with Gasteiger partial charge in [-0.25, -0.2) is 4.39 Å². The molecule has 1 amide bonds. The predicted molar refractivity (Wildman–Crippen MR) is 75.2 cm³/mol. The third-order valence-corrected chi connectivity index (χ3v) is 3.58. The minimum Gasteiger partial charge on any atom is -0.342 e. The number of amides is 1. The fraction of sp³-hybridized carbons (Fsp3) is 0.438. The van der Waals surface area contributed by atoms with Crippen LogP contribution in [0.2, 0.25) is 0 Å². The molecular formula is C16H20FNO. The largest absolute Gasteiger partial charge is 0.342 e. The maximum absolute atomic E-state index is 13.4. The highest BCUT2D eigenvalue weighted by atomic mass is 19.1. The van der Waals surface area contributed by atoms with Crippen LogP contribution in [0.3, 0.4) is 0 Å². The van der Waals surface area contributed by atoms with Gasteiger partial charge in [-0.2, -0.15) is 0 Å². The smallest absolute Gasteiger partial charge is 0.227 e. The molecule has 1 heterocycles. The van der Waals surface area contributed by atoms with E-state index in [0.29, 0.717) is 5.92 Å². The minimum atomic E-state index is -0.313. The van der Waals surface area contributed by atoms with E-state index in [9.17, 15) is 9.18 Å². The third-order valence-electron chi connectivity index (χ3n) is 3.58. The van der Waals surface area contributed by atoms with Crippen LogP contribution in [-0.2, 0) is 11.2 Å². The first-order chi connectivity index (χ1) is 9.08. The monoisotopic (exact) mass is 261 g/mol. The minimum absolute atomic E-state index is 0.0900. The normalized spacial score (nSPS) is 19.3. The number of carbonyl (C=O) groups excluding carboxylic acids is 1. The third kappa shape index (κ3) is 3.66. The lowest BCUT2D eigenvalue weighted by Gasteiger charge is -2.31. The zero-order valence-electron chi connectivity index (χ0n) is 11.4. The summed E-state index contributed by atoms with van der Waals surface area (Å²) in [5, 5.41) is 0. The molecule has 1 aromatic rings. The fourth-order valence-corrected chi connectivity index (χ4v) is 2.60. The molecule has 1 aliphatic rings. The number of likely N-dealkylation sites (tertiary alicyclic amines) is 1. The number of halogens is 1. The van der Waals surface area contributed by atoms with Crippen molar-refractivity contribution in [3.63, 3.8) is 0 Å². The standard InChI is InChI=1S/C16H20FNO/c1-3-13-7-14(9-15(17)8-13)10-16(19)18-6-4-5-12(2)11-18/h3,7-9,12H,1,4-6,10-11H2,2H3. The summed E-state index contributed by atoms with van der Waals surface area (Å²) in [5.41, 5.74) is 1.44. The number of benzene rings is 1. The second-order valence-electron chi connectivity index (χ2n) is 5.36. The molecule has 1 aliphatic heterocycles. The summed E-state index contributed by atoms with van der Waals surface area (Å²) in [6.07, 6.45) is 4.11. The number of nitrogens with zero attached hydrogens (tertiary/aromatic N) is 1. The lowest BCUT2D eigenvalue weighted by molar-refractivity contribution is -0.132. The van der Waals surface area contributed by atoms with E-state index in [0.717, 1.165) is 30.6 Å². The Hall–Kier alpha value is -1.64. The van der Waals surface area contributed by atoms with Gasteiger partial charge in [0.25, 0.3) is 0 Å². The Labute approximate surface area is 113 Å². The molecule has 2 nitrogen and oxygen atoms in total. The fourth-order valence-electron chi connectivity index (χ4n) is 2.60. The Morgan fingerprint density at radius 1 is 1.53 bits per heavy atom. The molecule has 1 unspecified atom stereocenters. The van der Waals surface area contributed by atoms with Crippen LogP contribution in [0.25, 0.3) is 6.08 Å². The van der Waals surface area contributed by atoms with Crippen molar-refractivity contribution in [2.75, 3.05) is 13.1 Å². The van der Waals surface area contributed by atoms with Crippen LogP contribution in [0, 0.1) is 11.7 Å². The van der Waals surface area contributed by atoms with E-state index >= 15 is 0 Å². The topological polar surface area (TPSA) is 20.3 Å². The zero-order chi connectivity index (χ0) is 13.8. The molecule has 1 atom stereocenters. The molecule has 0 saturated carbocycles. The van der Waals surface area contributed by atoms with Gasteiger partial charge in [0.1, 0.15) is 5.82 Å². The molecule has 1 fully saturated rings. The Morgan fingerprint density at radius 3 is 3.00 bits per heavy atom. The number of piperidine rings is 1. The van der Waals surface area contributed by atoms with Crippen LogP contribution in [0.4, 0.5) is 4.39 Å². The van der Waals surface area contributed by atoms with Crippen molar-refractivity contribution in [2.24, 2.45) is 5.92 Å². The highest BCUT2D eigenvalue weighted by Crippen LogP contribution is 2.17. The zero-order valence-corrected chi connectivity index (χ0v) is 11.4. The van der Waals surface area contributed by atoms with Crippen molar-refractivity contribution in [1.29, 1.82) is 0 Å². The molecule has 102 valence electrons. The first-order valence-corrected chi connectivity index (χ1v) is 6.78. The van der Waals surface area contributed by atoms with E-state index in [1.54, 1.807) is 6.08 Å². The highest BCUT2D eigenvalue weighted by molar-refractivity contribution is 5.79. The molecule has 0 spiro atoms. The Bertz CT molecular complexity index is 484. The summed E-state index contributed by atoms with van der Waals surface area (Å²) in [4.78, 5) is 14.1.